The van der Waals surface area contributed by atoms with Gasteiger partial charge in [0.05, 0.1) is 11.2 Å². The van der Waals surface area contributed by atoms with Gasteiger partial charge in [-0.15, -0.1) is 0 Å². The monoisotopic (exact) mass is 439 g/mol. The second-order valence-electron chi connectivity index (χ2n) is 6.63. The lowest BCUT2D eigenvalue weighted by atomic mass is 9.97. The van der Waals surface area contributed by atoms with Crippen LogP contribution in [0.25, 0.3) is 0 Å². The van der Waals surface area contributed by atoms with Crippen molar-refractivity contribution in [2.45, 2.75) is 17.7 Å². The maximum Gasteiger partial charge on any atom is 0.264 e. The molecule has 156 valence electrons. The van der Waals surface area contributed by atoms with Crippen molar-refractivity contribution in [1.82, 2.24) is 14.3 Å². The number of hydrogen-bond donors (Lipinski definition) is 2. The number of anilines is 2. The fraction of sp³-hybridized carbons (Fsp3) is 0.353. The zero-order valence-corrected chi connectivity index (χ0v) is 17.3. The fourth-order valence-electron chi connectivity index (χ4n) is 2.94. The van der Waals surface area contributed by atoms with E-state index in [9.17, 15) is 21.6 Å². The van der Waals surface area contributed by atoms with E-state index in [4.69, 9.17) is 0 Å². The van der Waals surface area contributed by atoms with Crippen LogP contribution in [0.2, 0.25) is 0 Å². The molecule has 3 rings (SSSR count). The van der Waals surface area contributed by atoms with Crippen molar-refractivity contribution in [2.24, 2.45) is 5.92 Å². The molecule has 0 saturated carbocycles. The molecule has 0 spiro atoms. The molecule has 10 nitrogen and oxygen atoms in total. The van der Waals surface area contributed by atoms with E-state index < -0.39 is 20.0 Å². The topological polar surface area (TPSA) is 138 Å². The summed E-state index contributed by atoms with van der Waals surface area (Å²) in [5.41, 5.74) is 0.454. The van der Waals surface area contributed by atoms with Gasteiger partial charge in [0.2, 0.25) is 21.9 Å². The molecule has 0 bridgehead atoms. The Kier molecular flexibility index (Phi) is 6.15. The Labute approximate surface area is 169 Å². The Morgan fingerprint density at radius 1 is 1.03 bits per heavy atom. The van der Waals surface area contributed by atoms with Crippen LogP contribution in [-0.2, 0) is 24.8 Å². The number of sulfonamides is 2. The molecule has 2 heterocycles. The van der Waals surface area contributed by atoms with Gasteiger partial charge in [-0.3, -0.25) is 4.79 Å². The summed E-state index contributed by atoms with van der Waals surface area (Å²) in [6.07, 6.45) is 4.87. The minimum Gasteiger partial charge on any atom is -0.326 e. The van der Waals surface area contributed by atoms with E-state index >= 15 is 0 Å². The van der Waals surface area contributed by atoms with Crippen LogP contribution in [0.1, 0.15) is 12.8 Å². The molecule has 1 aliphatic rings. The van der Waals surface area contributed by atoms with Gasteiger partial charge >= 0.3 is 0 Å². The number of nitrogens with zero attached hydrogens (tertiary/aromatic N) is 3. The fourth-order valence-corrected chi connectivity index (χ4v) is 4.77. The summed E-state index contributed by atoms with van der Waals surface area (Å²) in [6.45, 7) is 0.614. The molecule has 0 radical (unpaired) electrons. The third-order valence-electron chi connectivity index (χ3n) is 4.52. The van der Waals surface area contributed by atoms with Crippen LogP contribution in [0.5, 0.6) is 0 Å². The molecule has 1 amide bonds. The zero-order valence-electron chi connectivity index (χ0n) is 15.6. The van der Waals surface area contributed by atoms with Crippen LogP contribution in [0.15, 0.2) is 47.6 Å². The second kappa shape index (κ2) is 8.43. The van der Waals surface area contributed by atoms with Crippen LogP contribution >= 0.6 is 0 Å². The minimum absolute atomic E-state index is 0.00409. The third-order valence-corrected chi connectivity index (χ3v) is 7.16. The Bertz CT molecular complexity index is 1060. The van der Waals surface area contributed by atoms with Crippen molar-refractivity contribution >= 4 is 37.6 Å². The van der Waals surface area contributed by atoms with E-state index in [2.05, 4.69) is 20.0 Å². The van der Waals surface area contributed by atoms with Crippen molar-refractivity contribution in [2.75, 3.05) is 29.4 Å². The van der Waals surface area contributed by atoms with E-state index in [0.717, 1.165) is 6.26 Å². The average Bonchev–Trinajstić information content (AvgIpc) is 2.68. The lowest BCUT2D eigenvalue weighted by Crippen LogP contribution is -2.40. The van der Waals surface area contributed by atoms with E-state index in [-0.39, 0.29) is 22.7 Å². The first kappa shape index (κ1) is 21.1. The lowest BCUT2D eigenvalue weighted by Gasteiger charge is -2.29. The molecule has 1 aliphatic heterocycles. The van der Waals surface area contributed by atoms with Crippen molar-refractivity contribution in [3.05, 3.63) is 42.7 Å². The first-order valence-electron chi connectivity index (χ1n) is 8.81. The van der Waals surface area contributed by atoms with Crippen LogP contribution in [0.4, 0.5) is 11.6 Å². The van der Waals surface area contributed by atoms with Gasteiger partial charge in [0.1, 0.15) is 0 Å². The summed E-state index contributed by atoms with van der Waals surface area (Å²) < 4.78 is 51.4. The summed E-state index contributed by atoms with van der Waals surface area (Å²) in [4.78, 5) is 20.1. The maximum absolute atomic E-state index is 12.4. The van der Waals surface area contributed by atoms with Gasteiger partial charge in [-0.25, -0.2) is 35.8 Å². The predicted octanol–water partition coefficient (Wildman–Crippen LogP) is 0.887. The molecule has 1 aromatic heterocycles. The smallest absolute Gasteiger partial charge is 0.264 e. The van der Waals surface area contributed by atoms with Crippen molar-refractivity contribution in [3.8, 4) is 0 Å². The normalized spacial score (nSPS) is 16.3. The number of piperidine rings is 1. The zero-order chi connectivity index (χ0) is 21.1. The van der Waals surface area contributed by atoms with Gasteiger partial charge in [0, 0.05) is 37.1 Å². The van der Waals surface area contributed by atoms with Crippen LogP contribution in [0.3, 0.4) is 0 Å². The Morgan fingerprint density at radius 2 is 1.62 bits per heavy atom. The molecule has 0 unspecified atom stereocenters. The number of hydrogen-bond acceptors (Lipinski definition) is 7. The number of carbonyl (C=O) groups is 1. The number of rotatable bonds is 6. The van der Waals surface area contributed by atoms with Crippen LogP contribution in [-0.4, -0.2) is 56.4 Å². The Hall–Kier alpha value is -2.57. The summed E-state index contributed by atoms with van der Waals surface area (Å²) >= 11 is 0. The molecule has 1 fully saturated rings. The number of benzene rings is 1. The van der Waals surface area contributed by atoms with Gasteiger partial charge < -0.3 is 5.32 Å². The lowest BCUT2D eigenvalue weighted by molar-refractivity contribution is -0.120. The highest BCUT2D eigenvalue weighted by molar-refractivity contribution is 7.92. The van der Waals surface area contributed by atoms with Gasteiger partial charge in [-0.2, -0.15) is 0 Å². The molecule has 12 heteroatoms. The highest BCUT2D eigenvalue weighted by Crippen LogP contribution is 2.22. The highest BCUT2D eigenvalue weighted by Gasteiger charge is 2.29. The molecular weight excluding hydrogens is 418 g/mol. The number of aromatic nitrogens is 2. The first-order valence-corrected chi connectivity index (χ1v) is 12.1. The number of amides is 1. The molecule has 2 N–H and O–H groups in total. The molecule has 2 aromatic rings. The van der Waals surface area contributed by atoms with E-state index in [1.165, 1.54) is 41.0 Å². The molecule has 0 aliphatic carbocycles. The summed E-state index contributed by atoms with van der Waals surface area (Å²) in [5, 5.41) is 2.75. The van der Waals surface area contributed by atoms with E-state index in [1.54, 1.807) is 6.07 Å². The molecule has 1 saturated heterocycles. The van der Waals surface area contributed by atoms with Crippen molar-refractivity contribution in [3.63, 3.8) is 0 Å². The van der Waals surface area contributed by atoms with Gasteiger partial charge in [0.15, 0.2) is 0 Å². The first-order chi connectivity index (χ1) is 13.6. The average molecular weight is 440 g/mol. The second-order valence-corrected chi connectivity index (χ2v) is 10.3. The van der Waals surface area contributed by atoms with Crippen molar-refractivity contribution in [1.29, 1.82) is 0 Å². The van der Waals surface area contributed by atoms with Gasteiger partial charge in [-0.05, 0) is 43.2 Å². The van der Waals surface area contributed by atoms with Gasteiger partial charge in [-0.1, -0.05) is 0 Å². The quantitative estimate of drug-likeness (QED) is 0.681. The highest BCUT2D eigenvalue weighted by atomic mass is 32.2. The molecule has 1 aromatic carbocycles. The van der Waals surface area contributed by atoms with E-state index in [0.29, 0.717) is 31.6 Å². The number of nitrogens with one attached hydrogen (secondary N) is 2. The number of carbonyl (C=O) groups excluding carboxylic acids is 1. The maximum atomic E-state index is 12.4. The molecule has 0 atom stereocenters. The minimum atomic E-state index is -3.85. The summed E-state index contributed by atoms with van der Waals surface area (Å²) in [6, 6.07) is 7.29. The largest absolute Gasteiger partial charge is 0.326 e. The summed E-state index contributed by atoms with van der Waals surface area (Å²) in [5.74, 6) is -0.553. The van der Waals surface area contributed by atoms with Crippen LogP contribution < -0.4 is 10.0 Å². The SMILES string of the molecule is CS(=O)(=O)N1CCC(C(=O)Nc2ccc(S(=O)(=O)Nc3ncccn3)cc2)CC1. The third kappa shape index (κ3) is 5.49. The van der Waals surface area contributed by atoms with E-state index in [1.807, 2.05) is 0 Å². The predicted molar refractivity (Wildman–Crippen MR) is 107 cm³/mol. The van der Waals surface area contributed by atoms with Crippen LogP contribution in [0, 0.1) is 5.92 Å². The molecule has 29 heavy (non-hydrogen) atoms. The standard InChI is InChI=1S/C17H21N5O5S2/c1-28(24,25)22-11-7-13(8-12-22)16(23)20-14-3-5-15(6-4-14)29(26,27)21-17-18-9-2-10-19-17/h2-6,9-10,13H,7-8,11-12H2,1H3,(H,20,23)(H,18,19,21). The Balaban J connectivity index is 1.60. The Morgan fingerprint density at radius 3 is 2.17 bits per heavy atom. The summed E-state index contributed by atoms with van der Waals surface area (Å²) in [7, 11) is -7.09. The molecular formula is C17H21N5O5S2. The van der Waals surface area contributed by atoms with Gasteiger partial charge in [0.25, 0.3) is 10.0 Å². The van der Waals surface area contributed by atoms with Crippen molar-refractivity contribution < 1.29 is 21.6 Å².